The van der Waals surface area contributed by atoms with Crippen molar-refractivity contribution in [2.75, 3.05) is 0 Å². The number of benzene rings is 5. The first kappa shape index (κ1) is 26.8. The average molecular weight is 617 g/mol. The third-order valence-electron chi connectivity index (χ3n) is 9.42. The lowest BCUT2D eigenvalue weighted by Gasteiger charge is -2.21. The van der Waals surface area contributed by atoms with Gasteiger partial charge in [-0.2, -0.15) is 0 Å². The van der Waals surface area contributed by atoms with E-state index in [1.165, 1.54) is 27.0 Å². The fourth-order valence-electron chi connectivity index (χ4n) is 7.29. The molecule has 3 heterocycles. The summed E-state index contributed by atoms with van der Waals surface area (Å²) in [5.74, 6) is -2.91. The Morgan fingerprint density at radius 3 is 2.20 bits per heavy atom. The van der Waals surface area contributed by atoms with Gasteiger partial charge >= 0.3 is 0 Å². The number of para-hydroxylation sites is 2. The molecule has 5 aromatic carbocycles. The third-order valence-corrected chi connectivity index (χ3v) is 10.7. The summed E-state index contributed by atoms with van der Waals surface area (Å²) in [7, 11) is 6.26. The summed E-state index contributed by atoms with van der Waals surface area (Å²) in [5, 5.41) is 46.0. The summed E-state index contributed by atoms with van der Waals surface area (Å²) in [6.45, 7) is 4.56. The first-order valence-electron chi connectivity index (χ1n) is 14.8. The van der Waals surface area contributed by atoms with Crippen LogP contribution in [0.5, 0.6) is 23.0 Å². The van der Waals surface area contributed by atoms with E-state index in [0.717, 1.165) is 26.5 Å². The standard InChI is InChI=1S/C37H24BN3O4S/c1-37(2)22-12-6-3-10-19(22)34-26(37)21-16-15-18-17-9-5-8-14-24(17)41(29(18)35(21)46-34)36-39-23-13-7-4-11-20(23)28(40-36)25-27(38)31(43)33(45)32(44)30(25)42/h3-16,42-45H,1-2H3. The molecule has 7 nitrogen and oxygen atoms in total. The van der Waals surface area contributed by atoms with Crippen LogP contribution < -0.4 is 5.46 Å². The van der Waals surface area contributed by atoms with Gasteiger partial charge in [-0.15, -0.1) is 11.3 Å². The summed E-state index contributed by atoms with van der Waals surface area (Å²) in [6, 6.07) is 28.4. The van der Waals surface area contributed by atoms with Gasteiger partial charge in [0.2, 0.25) is 17.4 Å². The molecule has 3 aromatic heterocycles. The van der Waals surface area contributed by atoms with Gasteiger partial charge in [-0.1, -0.05) is 86.6 Å². The van der Waals surface area contributed by atoms with Crippen molar-refractivity contribution in [3.63, 3.8) is 0 Å². The van der Waals surface area contributed by atoms with Gasteiger partial charge in [-0.25, -0.2) is 9.97 Å². The molecule has 0 amide bonds. The van der Waals surface area contributed by atoms with Gasteiger partial charge in [0.15, 0.2) is 11.5 Å². The van der Waals surface area contributed by atoms with E-state index in [0.29, 0.717) is 16.9 Å². The molecule has 0 aliphatic heterocycles. The zero-order valence-corrected chi connectivity index (χ0v) is 25.5. The maximum absolute atomic E-state index is 11.0. The molecular weight excluding hydrogens is 593 g/mol. The minimum atomic E-state index is -0.905. The van der Waals surface area contributed by atoms with Crippen molar-refractivity contribution in [2.45, 2.75) is 19.3 Å². The van der Waals surface area contributed by atoms with E-state index in [1.54, 1.807) is 23.5 Å². The zero-order valence-electron chi connectivity index (χ0n) is 24.7. The van der Waals surface area contributed by atoms with Crippen molar-refractivity contribution in [1.82, 2.24) is 14.5 Å². The maximum Gasteiger partial charge on any atom is 0.235 e. The van der Waals surface area contributed by atoms with Crippen LogP contribution in [0.3, 0.4) is 0 Å². The topological polar surface area (TPSA) is 112 Å². The van der Waals surface area contributed by atoms with Gasteiger partial charge < -0.3 is 20.4 Å². The van der Waals surface area contributed by atoms with Crippen molar-refractivity contribution >= 4 is 67.4 Å². The number of hydrogen-bond donors (Lipinski definition) is 4. The summed E-state index contributed by atoms with van der Waals surface area (Å²) in [5.41, 5.74) is 5.89. The van der Waals surface area contributed by atoms with Crippen molar-refractivity contribution in [2.24, 2.45) is 0 Å². The summed E-state index contributed by atoms with van der Waals surface area (Å²) < 4.78 is 3.16. The van der Waals surface area contributed by atoms with Gasteiger partial charge in [-0.05, 0) is 39.7 Å². The first-order chi connectivity index (χ1) is 22.2. The van der Waals surface area contributed by atoms with Crippen LogP contribution >= 0.6 is 11.3 Å². The van der Waals surface area contributed by atoms with Gasteiger partial charge in [0.1, 0.15) is 7.85 Å². The number of thiophene rings is 1. The normalized spacial score (nSPS) is 13.6. The van der Waals surface area contributed by atoms with Crippen LogP contribution in [0.4, 0.5) is 0 Å². The minimum absolute atomic E-state index is 0.105. The summed E-state index contributed by atoms with van der Waals surface area (Å²) in [4.78, 5) is 11.3. The smallest absolute Gasteiger partial charge is 0.235 e. The Morgan fingerprint density at radius 2 is 1.37 bits per heavy atom. The molecule has 1 aliphatic rings. The molecule has 9 heteroatoms. The fraction of sp³-hybridized carbons (Fsp3) is 0.0811. The molecule has 0 fully saturated rings. The van der Waals surface area contributed by atoms with Crippen LogP contribution in [0.25, 0.3) is 70.4 Å². The summed E-state index contributed by atoms with van der Waals surface area (Å²) >= 11 is 1.77. The lowest BCUT2D eigenvalue weighted by Crippen LogP contribution is -2.14. The molecule has 1 aliphatic carbocycles. The monoisotopic (exact) mass is 617 g/mol. The Labute approximate surface area is 267 Å². The molecule has 4 N–H and O–H groups in total. The van der Waals surface area contributed by atoms with Crippen molar-refractivity contribution in [1.29, 1.82) is 0 Å². The highest BCUT2D eigenvalue weighted by Gasteiger charge is 2.39. The average Bonchev–Trinajstić information content (AvgIpc) is 3.69. The molecule has 8 aromatic rings. The molecule has 220 valence electrons. The molecule has 46 heavy (non-hydrogen) atoms. The Balaban J connectivity index is 1.44. The number of rotatable bonds is 2. The molecule has 0 unspecified atom stereocenters. The van der Waals surface area contributed by atoms with Crippen molar-refractivity contribution < 1.29 is 20.4 Å². The van der Waals surface area contributed by atoms with Gasteiger partial charge in [-0.3, -0.25) is 4.57 Å². The van der Waals surface area contributed by atoms with E-state index < -0.39 is 23.0 Å². The molecule has 0 saturated heterocycles. The van der Waals surface area contributed by atoms with Gasteiger partial charge in [0.05, 0.1) is 26.9 Å². The van der Waals surface area contributed by atoms with E-state index in [-0.39, 0.29) is 22.1 Å². The highest BCUT2D eigenvalue weighted by Crippen LogP contribution is 2.57. The first-order valence-corrected chi connectivity index (χ1v) is 15.6. The Bertz CT molecular complexity index is 2610. The number of fused-ring (bicyclic) bond motifs is 10. The zero-order chi connectivity index (χ0) is 31.6. The Hall–Kier alpha value is -5.54. The number of aromatic nitrogens is 3. The molecule has 9 rings (SSSR count). The van der Waals surface area contributed by atoms with E-state index in [1.807, 2.05) is 34.9 Å². The third kappa shape index (κ3) is 3.27. The second-order valence-electron chi connectivity index (χ2n) is 12.2. The highest BCUT2D eigenvalue weighted by atomic mass is 32.1. The fourth-order valence-corrected chi connectivity index (χ4v) is 8.83. The maximum atomic E-state index is 11.0. The van der Waals surface area contributed by atoms with E-state index >= 15 is 0 Å². The van der Waals surface area contributed by atoms with E-state index in [4.69, 9.17) is 17.8 Å². The van der Waals surface area contributed by atoms with Gasteiger partial charge in [0, 0.05) is 32.0 Å². The van der Waals surface area contributed by atoms with Crippen molar-refractivity contribution in [3.8, 4) is 50.6 Å². The van der Waals surface area contributed by atoms with Crippen LogP contribution in [-0.2, 0) is 5.41 Å². The van der Waals surface area contributed by atoms with Crippen LogP contribution in [0.15, 0.2) is 84.9 Å². The summed E-state index contributed by atoms with van der Waals surface area (Å²) in [6.07, 6.45) is 0. The molecule has 2 radical (unpaired) electrons. The number of hydrogen-bond acceptors (Lipinski definition) is 7. The molecular formula is C37H24BN3O4S. The number of nitrogens with zero attached hydrogens (tertiary/aromatic N) is 3. The molecule has 0 atom stereocenters. The van der Waals surface area contributed by atoms with Crippen LogP contribution in [0.1, 0.15) is 25.0 Å². The molecule has 0 spiro atoms. The Kier molecular flexibility index (Phi) is 5.26. The predicted molar refractivity (Wildman–Crippen MR) is 184 cm³/mol. The second kappa shape index (κ2) is 9.02. The molecule has 0 bridgehead atoms. The minimum Gasteiger partial charge on any atom is -0.505 e. The number of aromatic hydroxyl groups is 4. The van der Waals surface area contributed by atoms with Crippen LogP contribution in [-0.4, -0.2) is 42.8 Å². The predicted octanol–water partition coefficient (Wildman–Crippen LogP) is 7.53. The lowest BCUT2D eigenvalue weighted by atomic mass is 9.81. The number of phenols is 4. The number of phenolic OH excluding ortho intramolecular Hbond substituents is 4. The molecule has 0 saturated carbocycles. The van der Waals surface area contributed by atoms with E-state index in [9.17, 15) is 20.4 Å². The van der Waals surface area contributed by atoms with Gasteiger partial charge in [0.25, 0.3) is 0 Å². The van der Waals surface area contributed by atoms with E-state index in [2.05, 4.69) is 56.3 Å². The highest BCUT2D eigenvalue weighted by molar-refractivity contribution is 7.23. The largest absolute Gasteiger partial charge is 0.505 e. The lowest BCUT2D eigenvalue weighted by molar-refractivity contribution is 0.348. The van der Waals surface area contributed by atoms with Crippen LogP contribution in [0.2, 0.25) is 0 Å². The Morgan fingerprint density at radius 1 is 0.696 bits per heavy atom. The SMILES string of the molecule is [B]c1c(O)c(O)c(O)c(O)c1-c1nc(-n2c3ccccc3c3ccc4c5c(sc4c32)-c2ccccc2C5(C)C)nc2ccccc12. The quantitative estimate of drug-likeness (QED) is 0.0907. The second-order valence-corrected chi connectivity index (χ2v) is 13.3. The van der Waals surface area contributed by atoms with Crippen molar-refractivity contribution in [3.05, 3.63) is 96.1 Å². The van der Waals surface area contributed by atoms with Crippen LogP contribution in [0, 0.1) is 0 Å².